The molecule has 37 heavy (non-hydrogen) atoms. The lowest BCUT2D eigenvalue weighted by atomic mass is 9.70. The molecular formula is C29H34N2O6. The molecule has 2 aromatic rings. The standard InChI is InChI=1S/C29H34N2O6/c1-2-15-30(21-12-11-19-9-5-6-10-20(19)18-21)27(34)25-29-14-13-22(37-29)23(28(35)36)24(29)26(33)31(25)16-7-3-4-8-17-32/h2,5-6,9-12,18,22-25,32H,1,3-4,7-8,13-17H2,(H,35,36)/t22-,23+,24+,25-,29+/m1/s1. The third-order valence-electron chi connectivity index (χ3n) is 8.25. The highest BCUT2D eigenvalue weighted by Gasteiger charge is 2.74. The van der Waals surface area contributed by atoms with Crippen molar-refractivity contribution in [1.82, 2.24) is 4.90 Å². The smallest absolute Gasteiger partial charge is 0.310 e. The number of aliphatic carboxylic acids is 1. The predicted molar refractivity (Wildman–Crippen MR) is 139 cm³/mol. The number of aliphatic hydroxyl groups excluding tert-OH is 1. The average Bonchev–Trinajstić information content (AvgIpc) is 3.54. The Morgan fingerprint density at radius 2 is 1.89 bits per heavy atom. The second kappa shape index (κ2) is 10.3. The van der Waals surface area contributed by atoms with Crippen molar-refractivity contribution < 1.29 is 29.3 Å². The first-order valence-corrected chi connectivity index (χ1v) is 13.2. The van der Waals surface area contributed by atoms with Crippen LogP contribution in [0.5, 0.6) is 0 Å². The number of unbranched alkanes of at least 4 members (excludes halogenated alkanes) is 3. The molecule has 5 atom stereocenters. The highest BCUT2D eigenvalue weighted by Crippen LogP contribution is 2.58. The number of fused-ring (bicyclic) bond motifs is 2. The number of nitrogens with zero attached hydrogens (tertiary/aromatic N) is 2. The van der Waals surface area contributed by atoms with Gasteiger partial charge in [0.05, 0.1) is 17.9 Å². The number of hydrogen-bond acceptors (Lipinski definition) is 5. The van der Waals surface area contributed by atoms with Crippen molar-refractivity contribution in [2.45, 2.75) is 56.3 Å². The zero-order valence-electron chi connectivity index (χ0n) is 20.9. The first kappa shape index (κ1) is 25.4. The Bertz CT molecular complexity index is 1210. The number of ether oxygens (including phenoxy) is 1. The minimum atomic E-state index is -1.14. The fourth-order valence-corrected chi connectivity index (χ4v) is 6.65. The van der Waals surface area contributed by atoms with Crippen LogP contribution in [-0.4, -0.2) is 70.3 Å². The van der Waals surface area contributed by atoms with Gasteiger partial charge in [-0.2, -0.15) is 0 Å². The van der Waals surface area contributed by atoms with E-state index in [1.807, 2.05) is 42.5 Å². The molecule has 196 valence electrons. The normalized spacial score (nSPS) is 28.0. The maximum absolute atomic E-state index is 14.4. The van der Waals surface area contributed by atoms with Gasteiger partial charge in [0.2, 0.25) is 5.91 Å². The van der Waals surface area contributed by atoms with Gasteiger partial charge in [-0.15, -0.1) is 6.58 Å². The molecule has 0 unspecified atom stereocenters. The van der Waals surface area contributed by atoms with E-state index in [9.17, 15) is 19.5 Å². The number of hydrogen-bond donors (Lipinski definition) is 2. The molecule has 3 aliphatic rings. The van der Waals surface area contributed by atoms with Crippen molar-refractivity contribution >= 4 is 34.2 Å². The van der Waals surface area contributed by atoms with Crippen molar-refractivity contribution in [3.8, 4) is 0 Å². The number of amides is 2. The fraction of sp³-hybridized carbons (Fsp3) is 0.483. The summed E-state index contributed by atoms with van der Waals surface area (Å²) in [5, 5.41) is 21.1. The lowest BCUT2D eigenvalue weighted by molar-refractivity contribution is -0.149. The van der Waals surface area contributed by atoms with Gasteiger partial charge in [-0.05, 0) is 48.6 Å². The van der Waals surface area contributed by atoms with Crippen LogP contribution in [0.25, 0.3) is 10.8 Å². The number of aliphatic hydroxyl groups is 1. The number of anilines is 1. The molecule has 8 nitrogen and oxygen atoms in total. The van der Waals surface area contributed by atoms with Crippen molar-refractivity contribution in [1.29, 1.82) is 0 Å². The SMILES string of the molecule is C=CCN(C(=O)[C@H]1N(CCCCCCO)C(=O)[C@@H]2[C@@H](C(=O)O)[C@H]3CC[C@]21O3)c1ccc2ccccc2c1. The van der Waals surface area contributed by atoms with Crippen molar-refractivity contribution in [3.05, 3.63) is 55.1 Å². The Labute approximate surface area is 216 Å². The van der Waals surface area contributed by atoms with Crippen molar-refractivity contribution in [3.63, 3.8) is 0 Å². The quantitative estimate of drug-likeness (QED) is 0.358. The zero-order valence-corrected chi connectivity index (χ0v) is 20.9. The molecule has 2 aromatic carbocycles. The van der Waals surface area contributed by atoms with Crippen LogP contribution in [0.1, 0.15) is 38.5 Å². The van der Waals surface area contributed by atoms with E-state index in [2.05, 4.69) is 6.58 Å². The van der Waals surface area contributed by atoms with Crippen LogP contribution in [0.4, 0.5) is 5.69 Å². The monoisotopic (exact) mass is 506 g/mol. The molecule has 2 bridgehead atoms. The van der Waals surface area contributed by atoms with Crippen LogP contribution in [0, 0.1) is 11.8 Å². The highest BCUT2D eigenvalue weighted by molar-refractivity contribution is 6.05. The van der Waals surface area contributed by atoms with E-state index in [0.29, 0.717) is 37.9 Å². The molecule has 0 saturated carbocycles. The predicted octanol–water partition coefficient (Wildman–Crippen LogP) is 3.37. The number of carboxylic acids is 1. The van der Waals surface area contributed by atoms with Gasteiger partial charge in [0, 0.05) is 25.4 Å². The maximum Gasteiger partial charge on any atom is 0.310 e. The molecule has 2 N–H and O–H groups in total. The number of likely N-dealkylation sites (tertiary alicyclic amines) is 1. The summed E-state index contributed by atoms with van der Waals surface area (Å²) < 4.78 is 6.32. The molecule has 3 heterocycles. The summed E-state index contributed by atoms with van der Waals surface area (Å²) in [6.07, 6.45) is 5.08. The molecule has 1 spiro atoms. The molecule has 0 aliphatic carbocycles. The highest BCUT2D eigenvalue weighted by atomic mass is 16.5. The number of carboxylic acid groups (broad SMARTS) is 1. The summed E-state index contributed by atoms with van der Waals surface area (Å²) >= 11 is 0. The van der Waals surface area contributed by atoms with Crippen LogP contribution in [-0.2, 0) is 19.1 Å². The topological polar surface area (TPSA) is 107 Å². The summed E-state index contributed by atoms with van der Waals surface area (Å²) in [5.41, 5.74) is -0.440. The van der Waals surface area contributed by atoms with Gasteiger partial charge in [-0.25, -0.2) is 0 Å². The molecule has 2 amide bonds. The first-order valence-electron chi connectivity index (χ1n) is 13.2. The number of carbonyl (C=O) groups excluding carboxylic acids is 2. The van der Waals surface area contributed by atoms with Crippen LogP contribution < -0.4 is 4.90 Å². The minimum Gasteiger partial charge on any atom is -0.481 e. The van der Waals surface area contributed by atoms with Crippen LogP contribution >= 0.6 is 0 Å². The van der Waals surface area contributed by atoms with Gasteiger partial charge in [0.15, 0.2) is 0 Å². The summed E-state index contributed by atoms with van der Waals surface area (Å²) in [6, 6.07) is 12.8. The van der Waals surface area contributed by atoms with Gasteiger partial charge in [-0.1, -0.05) is 49.2 Å². The molecule has 5 rings (SSSR count). The van der Waals surface area contributed by atoms with Gasteiger partial charge in [0.25, 0.3) is 5.91 Å². The van der Waals surface area contributed by atoms with Crippen molar-refractivity contribution in [2.24, 2.45) is 11.8 Å². The second-order valence-electron chi connectivity index (χ2n) is 10.3. The van der Waals surface area contributed by atoms with Crippen LogP contribution in [0.2, 0.25) is 0 Å². The van der Waals surface area contributed by atoms with Crippen LogP contribution in [0.3, 0.4) is 0 Å². The van der Waals surface area contributed by atoms with E-state index in [1.54, 1.807) is 15.9 Å². The molecule has 0 radical (unpaired) electrons. The molecular weight excluding hydrogens is 472 g/mol. The van der Waals surface area contributed by atoms with Crippen LogP contribution in [0.15, 0.2) is 55.1 Å². The molecule has 8 heteroatoms. The van der Waals surface area contributed by atoms with Crippen molar-refractivity contribution in [2.75, 3.05) is 24.6 Å². The number of rotatable bonds is 11. The third-order valence-corrected chi connectivity index (χ3v) is 8.25. The maximum atomic E-state index is 14.4. The summed E-state index contributed by atoms with van der Waals surface area (Å²) in [5.74, 6) is -3.42. The molecule has 3 fully saturated rings. The Morgan fingerprint density at radius 1 is 1.14 bits per heavy atom. The summed E-state index contributed by atoms with van der Waals surface area (Å²) in [7, 11) is 0. The van der Waals surface area contributed by atoms with E-state index in [1.165, 1.54) is 0 Å². The van der Waals surface area contributed by atoms with E-state index < -0.39 is 35.6 Å². The fourth-order valence-electron chi connectivity index (χ4n) is 6.65. The second-order valence-corrected chi connectivity index (χ2v) is 10.3. The Morgan fingerprint density at radius 3 is 2.62 bits per heavy atom. The zero-order chi connectivity index (χ0) is 26.2. The molecule has 0 aromatic heterocycles. The third kappa shape index (κ3) is 4.22. The van der Waals surface area contributed by atoms with E-state index >= 15 is 0 Å². The van der Waals surface area contributed by atoms with Gasteiger partial charge < -0.3 is 24.7 Å². The average molecular weight is 507 g/mol. The van der Waals surface area contributed by atoms with E-state index in [0.717, 1.165) is 23.6 Å². The van der Waals surface area contributed by atoms with E-state index in [-0.39, 0.29) is 25.0 Å². The summed E-state index contributed by atoms with van der Waals surface area (Å²) in [6.45, 7) is 4.57. The lowest BCUT2D eigenvalue weighted by Crippen LogP contribution is -2.56. The Kier molecular flexibility index (Phi) is 7.05. The number of carbonyl (C=O) groups is 3. The van der Waals surface area contributed by atoms with Gasteiger partial charge >= 0.3 is 5.97 Å². The van der Waals surface area contributed by atoms with E-state index in [4.69, 9.17) is 9.84 Å². The lowest BCUT2D eigenvalue weighted by Gasteiger charge is -2.36. The minimum absolute atomic E-state index is 0.118. The first-order chi connectivity index (χ1) is 17.9. The van der Waals surface area contributed by atoms with Gasteiger partial charge in [0.1, 0.15) is 11.6 Å². The Hall–Kier alpha value is -3.23. The molecule has 3 saturated heterocycles. The largest absolute Gasteiger partial charge is 0.481 e. The number of benzene rings is 2. The summed E-state index contributed by atoms with van der Waals surface area (Å²) in [4.78, 5) is 43.6. The molecule has 3 aliphatic heterocycles. The van der Waals surface area contributed by atoms with Gasteiger partial charge in [-0.3, -0.25) is 14.4 Å². The Balaban J connectivity index is 1.51.